The normalized spacial score (nSPS) is 19.6. The lowest BCUT2D eigenvalue weighted by atomic mass is 10.1. The van der Waals surface area contributed by atoms with Crippen molar-refractivity contribution in [1.29, 1.82) is 0 Å². The maximum atomic E-state index is 12.3. The smallest absolute Gasteiger partial charge is 0.319 e. The summed E-state index contributed by atoms with van der Waals surface area (Å²) in [5, 5.41) is 8.58. The zero-order chi connectivity index (χ0) is 13.0. The van der Waals surface area contributed by atoms with Crippen molar-refractivity contribution in [2.45, 2.75) is 42.6 Å². The fourth-order valence-electron chi connectivity index (χ4n) is 2.45. The van der Waals surface area contributed by atoms with Gasteiger partial charge in [0.2, 0.25) is 0 Å². The summed E-state index contributed by atoms with van der Waals surface area (Å²) in [6, 6.07) is 9.44. The third-order valence-corrected chi connectivity index (χ3v) is 5.51. The molecule has 2 unspecified atom stereocenters. The van der Waals surface area contributed by atoms with Gasteiger partial charge in [0, 0.05) is 16.0 Å². The van der Waals surface area contributed by atoms with Crippen LogP contribution in [-0.4, -0.2) is 25.8 Å². The Kier molecular flexibility index (Phi) is 4.53. The highest BCUT2D eigenvalue weighted by atomic mass is 32.2. The van der Waals surface area contributed by atoms with Crippen LogP contribution in [0.25, 0.3) is 0 Å². The van der Waals surface area contributed by atoms with Crippen LogP contribution in [-0.2, 0) is 22.0 Å². The summed E-state index contributed by atoms with van der Waals surface area (Å²) < 4.78 is 12.3. The van der Waals surface area contributed by atoms with E-state index in [9.17, 15) is 14.1 Å². The van der Waals surface area contributed by atoms with Crippen LogP contribution in [0, 0.1) is 0 Å². The molecule has 2 rings (SSSR count). The Morgan fingerprint density at radius 2 is 1.89 bits per heavy atom. The highest BCUT2D eigenvalue weighted by molar-refractivity contribution is 7.87. The van der Waals surface area contributed by atoms with Gasteiger partial charge in [-0.1, -0.05) is 43.2 Å². The summed E-state index contributed by atoms with van der Waals surface area (Å²) in [5.74, 6) is -0.941. The molecule has 0 heterocycles. The Hall–Kier alpha value is -1.16. The van der Waals surface area contributed by atoms with E-state index in [-0.39, 0.29) is 5.25 Å². The first-order chi connectivity index (χ1) is 8.68. The van der Waals surface area contributed by atoms with E-state index in [1.165, 1.54) is 0 Å². The SMILES string of the molecule is O=C(O)C(Cc1ccccc1)S(=O)C1CCCC1. The van der Waals surface area contributed by atoms with E-state index in [4.69, 9.17) is 0 Å². The molecule has 1 aromatic carbocycles. The number of hydrogen-bond acceptors (Lipinski definition) is 2. The Morgan fingerprint density at radius 3 is 2.44 bits per heavy atom. The van der Waals surface area contributed by atoms with Gasteiger partial charge >= 0.3 is 5.97 Å². The third kappa shape index (κ3) is 3.19. The molecule has 0 amide bonds. The molecule has 1 fully saturated rings. The second kappa shape index (κ2) is 6.14. The summed E-state index contributed by atoms with van der Waals surface area (Å²) in [7, 11) is -1.26. The predicted molar refractivity (Wildman–Crippen MR) is 72.0 cm³/mol. The van der Waals surface area contributed by atoms with Crippen molar-refractivity contribution in [3.05, 3.63) is 35.9 Å². The van der Waals surface area contributed by atoms with Crippen LogP contribution < -0.4 is 0 Å². The summed E-state index contributed by atoms with van der Waals surface area (Å²) >= 11 is 0. The van der Waals surface area contributed by atoms with Crippen molar-refractivity contribution < 1.29 is 14.1 Å². The number of carbonyl (C=O) groups is 1. The van der Waals surface area contributed by atoms with Gasteiger partial charge in [-0.3, -0.25) is 9.00 Å². The molecule has 4 heteroatoms. The van der Waals surface area contributed by atoms with E-state index in [0.29, 0.717) is 6.42 Å². The second-order valence-corrected chi connectivity index (χ2v) is 6.64. The Labute approximate surface area is 110 Å². The molecule has 1 aliphatic rings. The van der Waals surface area contributed by atoms with Crippen molar-refractivity contribution >= 4 is 16.8 Å². The molecule has 18 heavy (non-hydrogen) atoms. The maximum absolute atomic E-state index is 12.3. The standard InChI is InChI=1S/C14H18O3S/c15-14(16)13(10-11-6-2-1-3-7-11)18(17)12-8-4-5-9-12/h1-3,6-7,12-13H,4-5,8-10H2,(H,15,16). The number of hydrogen-bond donors (Lipinski definition) is 1. The molecule has 1 aromatic rings. The number of carboxylic acid groups (broad SMARTS) is 1. The number of aliphatic carboxylic acids is 1. The van der Waals surface area contributed by atoms with Gasteiger partial charge < -0.3 is 5.11 Å². The lowest BCUT2D eigenvalue weighted by Gasteiger charge is -2.16. The molecule has 0 bridgehead atoms. The van der Waals surface area contributed by atoms with Gasteiger partial charge in [0.15, 0.2) is 0 Å². The van der Waals surface area contributed by atoms with Gasteiger partial charge in [-0.2, -0.15) is 0 Å². The van der Waals surface area contributed by atoms with E-state index in [0.717, 1.165) is 31.2 Å². The molecule has 3 nitrogen and oxygen atoms in total. The van der Waals surface area contributed by atoms with Gasteiger partial charge in [-0.05, 0) is 24.8 Å². The minimum Gasteiger partial charge on any atom is -0.480 e. The van der Waals surface area contributed by atoms with Crippen LogP contribution in [0.2, 0.25) is 0 Å². The van der Waals surface area contributed by atoms with Gasteiger partial charge in [-0.25, -0.2) is 0 Å². The third-order valence-electron chi connectivity index (χ3n) is 3.45. The highest BCUT2D eigenvalue weighted by Gasteiger charge is 2.32. The van der Waals surface area contributed by atoms with Crippen molar-refractivity contribution in [3.63, 3.8) is 0 Å². The average molecular weight is 266 g/mol. The minimum absolute atomic E-state index is 0.0785. The maximum Gasteiger partial charge on any atom is 0.319 e. The Bertz CT molecular complexity index is 424. The van der Waals surface area contributed by atoms with E-state index in [2.05, 4.69) is 0 Å². The minimum atomic E-state index is -1.26. The quantitative estimate of drug-likeness (QED) is 0.890. The van der Waals surface area contributed by atoms with Crippen LogP contribution >= 0.6 is 0 Å². The lowest BCUT2D eigenvalue weighted by molar-refractivity contribution is -0.136. The molecule has 0 spiro atoms. The topological polar surface area (TPSA) is 54.4 Å². The van der Waals surface area contributed by atoms with Gasteiger partial charge in [0.25, 0.3) is 0 Å². The summed E-state index contributed by atoms with van der Waals surface area (Å²) in [6.07, 6.45) is 4.33. The fraction of sp³-hybridized carbons (Fsp3) is 0.500. The van der Waals surface area contributed by atoms with Crippen molar-refractivity contribution in [2.75, 3.05) is 0 Å². The van der Waals surface area contributed by atoms with Gasteiger partial charge in [0.05, 0.1) is 0 Å². The Balaban J connectivity index is 2.08. The van der Waals surface area contributed by atoms with Crippen LogP contribution in [0.15, 0.2) is 30.3 Å². The lowest BCUT2D eigenvalue weighted by Crippen LogP contribution is -2.33. The van der Waals surface area contributed by atoms with Crippen molar-refractivity contribution in [3.8, 4) is 0 Å². The molecule has 0 aromatic heterocycles. The molecule has 1 N–H and O–H groups in total. The zero-order valence-electron chi connectivity index (χ0n) is 10.2. The first kappa shape index (κ1) is 13.3. The van der Waals surface area contributed by atoms with Crippen LogP contribution in [0.1, 0.15) is 31.2 Å². The van der Waals surface area contributed by atoms with Gasteiger partial charge in [-0.15, -0.1) is 0 Å². The largest absolute Gasteiger partial charge is 0.480 e. The van der Waals surface area contributed by atoms with Gasteiger partial charge in [0.1, 0.15) is 5.25 Å². The molecule has 1 saturated carbocycles. The summed E-state index contributed by atoms with van der Waals surface area (Å²) in [5.41, 5.74) is 0.941. The fourth-order valence-corrected chi connectivity index (χ4v) is 4.27. The monoisotopic (exact) mass is 266 g/mol. The first-order valence-corrected chi connectivity index (χ1v) is 7.62. The second-order valence-electron chi connectivity index (χ2n) is 4.75. The van der Waals surface area contributed by atoms with Crippen LogP contribution in [0.3, 0.4) is 0 Å². The number of benzene rings is 1. The van der Waals surface area contributed by atoms with E-state index >= 15 is 0 Å². The molecular weight excluding hydrogens is 248 g/mol. The van der Waals surface area contributed by atoms with Crippen LogP contribution in [0.5, 0.6) is 0 Å². The zero-order valence-corrected chi connectivity index (χ0v) is 11.1. The van der Waals surface area contributed by atoms with E-state index < -0.39 is 22.0 Å². The molecule has 0 saturated heterocycles. The molecule has 0 aliphatic heterocycles. The molecular formula is C14H18O3S. The van der Waals surface area contributed by atoms with Crippen LogP contribution in [0.4, 0.5) is 0 Å². The molecule has 1 aliphatic carbocycles. The number of carboxylic acids is 1. The summed E-state index contributed by atoms with van der Waals surface area (Å²) in [6.45, 7) is 0. The number of rotatable bonds is 5. The molecule has 0 radical (unpaired) electrons. The average Bonchev–Trinajstić information content (AvgIpc) is 2.90. The van der Waals surface area contributed by atoms with Crippen molar-refractivity contribution in [2.24, 2.45) is 0 Å². The molecule has 2 atom stereocenters. The van der Waals surface area contributed by atoms with E-state index in [1.807, 2.05) is 30.3 Å². The van der Waals surface area contributed by atoms with E-state index in [1.54, 1.807) is 0 Å². The predicted octanol–water partition coefficient (Wildman–Crippen LogP) is 2.37. The summed E-state index contributed by atoms with van der Waals surface area (Å²) in [4.78, 5) is 11.3. The first-order valence-electron chi connectivity index (χ1n) is 6.34. The van der Waals surface area contributed by atoms with Crippen molar-refractivity contribution in [1.82, 2.24) is 0 Å². The Morgan fingerprint density at radius 1 is 1.28 bits per heavy atom. The molecule has 98 valence electrons. The highest BCUT2D eigenvalue weighted by Crippen LogP contribution is 2.26.